The molecule has 0 amide bonds. The summed E-state index contributed by atoms with van der Waals surface area (Å²) in [4.78, 5) is 0. The standard InChI is InChI=1S/C13H14ClNO/c1-9(12(8-14)15-2)11-4-3-10-5-6-16-13(10)7-11/h3-7,12,15H,1,8H2,2H3. The van der Waals surface area contributed by atoms with E-state index in [2.05, 4.69) is 11.9 Å². The van der Waals surface area contributed by atoms with Crippen LogP contribution in [0.2, 0.25) is 0 Å². The minimum atomic E-state index is 0.0917. The van der Waals surface area contributed by atoms with Crippen molar-refractivity contribution >= 4 is 28.1 Å². The number of benzene rings is 1. The van der Waals surface area contributed by atoms with Crippen LogP contribution in [0.15, 0.2) is 41.5 Å². The Kier molecular flexibility index (Phi) is 3.32. The number of rotatable bonds is 4. The molecule has 2 nitrogen and oxygen atoms in total. The quantitative estimate of drug-likeness (QED) is 0.823. The Morgan fingerprint density at radius 1 is 1.50 bits per heavy atom. The van der Waals surface area contributed by atoms with Gasteiger partial charge in [-0.2, -0.15) is 0 Å². The van der Waals surface area contributed by atoms with Crippen molar-refractivity contribution in [2.75, 3.05) is 12.9 Å². The van der Waals surface area contributed by atoms with E-state index in [4.69, 9.17) is 16.0 Å². The zero-order valence-electron chi connectivity index (χ0n) is 9.16. The van der Waals surface area contributed by atoms with E-state index in [1.165, 1.54) is 0 Å². The van der Waals surface area contributed by atoms with Gasteiger partial charge in [-0.15, -0.1) is 11.6 Å². The molecule has 1 N–H and O–H groups in total. The van der Waals surface area contributed by atoms with Crippen molar-refractivity contribution in [3.05, 3.63) is 42.7 Å². The fraction of sp³-hybridized carbons (Fsp3) is 0.231. The minimum Gasteiger partial charge on any atom is -0.464 e. The fourth-order valence-corrected chi connectivity index (χ4v) is 2.04. The van der Waals surface area contributed by atoms with Gasteiger partial charge in [0.2, 0.25) is 0 Å². The van der Waals surface area contributed by atoms with E-state index in [1.54, 1.807) is 6.26 Å². The summed E-state index contributed by atoms with van der Waals surface area (Å²) >= 11 is 5.86. The number of hydrogen-bond acceptors (Lipinski definition) is 2. The molecular weight excluding hydrogens is 222 g/mol. The van der Waals surface area contributed by atoms with E-state index in [-0.39, 0.29) is 6.04 Å². The van der Waals surface area contributed by atoms with Gasteiger partial charge in [-0.1, -0.05) is 18.7 Å². The Morgan fingerprint density at radius 2 is 2.31 bits per heavy atom. The summed E-state index contributed by atoms with van der Waals surface area (Å²) in [6.07, 6.45) is 1.69. The molecule has 0 saturated heterocycles. The summed E-state index contributed by atoms with van der Waals surface area (Å²) in [6.45, 7) is 4.07. The van der Waals surface area contributed by atoms with Gasteiger partial charge in [0.15, 0.2) is 0 Å². The van der Waals surface area contributed by atoms with Crippen LogP contribution >= 0.6 is 11.6 Å². The third kappa shape index (κ3) is 1.99. The molecule has 0 saturated carbocycles. The Labute approximate surface area is 99.9 Å². The largest absolute Gasteiger partial charge is 0.464 e. The van der Waals surface area contributed by atoms with Crippen molar-refractivity contribution in [1.82, 2.24) is 5.32 Å². The number of furan rings is 1. The summed E-state index contributed by atoms with van der Waals surface area (Å²) < 4.78 is 5.36. The molecule has 84 valence electrons. The molecule has 1 unspecified atom stereocenters. The number of alkyl halides is 1. The van der Waals surface area contributed by atoms with Crippen molar-refractivity contribution in [1.29, 1.82) is 0 Å². The van der Waals surface area contributed by atoms with E-state index in [1.807, 2.05) is 31.3 Å². The van der Waals surface area contributed by atoms with Crippen LogP contribution in [0.1, 0.15) is 5.56 Å². The first-order chi connectivity index (χ1) is 7.76. The number of fused-ring (bicyclic) bond motifs is 1. The number of halogens is 1. The molecule has 1 aromatic heterocycles. The van der Waals surface area contributed by atoms with Gasteiger partial charge in [0.1, 0.15) is 5.58 Å². The highest BCUT2D eigenvalue weighted by Crippen LogP contribution is 2.23. The van der Waals surface area contributed by atoms with Gasteiger partial charge in [-0.25, -0.2) is 0 Å². The zero-order valence-corrected chi connectivity index (χ0v) is 9.92. The predicted molar refractivity (Wildman–Crippen MR) is 68.8 cm³/mol. The van der Waals surface area contributed by atoms with Gasteiger partial charge in [0, 0.05) is 17.3 Å². The number of likely N-dealkylation sites (N-methyl/N-ethyl adjacent to an activating group) is 1. The summed E-state index contributed by atoms with van der Waals surface area (Å²) in [6, 6.07) is 8.10. The summed E-state index contributed by atoms with van der Waals surface area (Å²) in [7, 11) is 1.88. The maximum Gasteiger partial charge on any atom is 0.134 e. The second kappa shape index (κ2) is 4.73. The first-order valence-electron chi connectivity index (χ1n) is 5.16. The number of nitrogens with one attached hydrogen (secondary N) is 1. The van der Waals surface area contributed by atoms with Crippen LogP contribution in [0.3, 0.4) is 0 Å². The van der Waals surface area contributed by atoms with Crippen LogP contribution in [-0.2, 0) is 0 Å². The summed E-state index contributed by atoms with van der Waals surface area (Å²) in [5.41, 5.74) is 2.92. The molecule has 0 aliphatic rings. The van der Waals surface area contributed by atoms with Crippen molar-refractivity contribution in [3.63, 3.8) is 0 Å². The summed E-state index contributed by atoms with van der Waals surface area (Å²) in [5.74, 6) is 0.505. The average Bonchev–Trinajstić information content (AvgIpc) is 2.77. The van der Waals surface area contributed by atoms with Gasteiger partial charge >= 0.3 is 0 Å². The van der Waals surface area contributed by atoms with Gasteiger partial charge in [-0.3, -0.25) is 0 Å². The topological polar surface area (TPSA) is 25.2 Å². The molecule has 0 bridgehead atoms. The zero-order chi connectivity index (χ0) is 11.5. The van der Waals surface area contributed by atoms with E-state index in [0.717, 1.165) is 22.1 Å². The van der Waals surface area contributed by atoms with Crippen molar-refractivity contribution in [2.45, 2.75) is 6.04 Å². The molecule has 1 heterocycles. The minimum absolute atomic E-state index is 0.0917. The molecule has 2 aromatic rings. The molecular formula is C13H14ClNO. The van der Waals surface area contributed by atoms with Crippen LogP contribution in [0.5, 0.6) is 0 Å². The number of hydrogen-bond donors (Lipinski definition) is 1. The maximum atomic E-state index is 5.86. The van der Waals surface area contributed by atoms with E-state index in [0.29, 0.717) is 5.88 Å². The highest BCUT2D eigenvalue weighted by atomic mass is 35.5. The molecule has 0 aliphatic carbocycles. The lowest BCUT2D eigenvalue weighted by Crippen LogP contribution is -2.27. The van der Waals surface area contributed by atoms with Crippen LogP contribution in [0.4, 0.5) is 0 Å². The third-order valence-corrected chi connectivity index (χ3v) is 3.06. The lowest BCUT2D eigenvalue weighted by Gasteiger charge is -2.16. The van der Waals surface area contributed by atoms with Crippen molar-refractivity contribution in [3.8, 4) is 0 Å². The van der Waals surface area contributed by atoms with Crippen LogP contribution in [-0.4, -0.2) is 19.0 Å². The maximum absolute atomic E-state index is 5.86. The van der Waals surface area contributed by atoms with Crippen LogP contribution in [0, 0.1) is 0 Å². The molecule has 0 fully saturated rings. The summed E-state index contributed by atoms with van der Waals surface area (Å²) in [5, 5.41) is 4.23. The predicted octanol–water partition coefficient (Wildman–Crippen LogP) is 3.27. The van der Waals surface area contributed by atoms with E-state index >= 15 is 0 Å². The molecule has 16 heavy (non-hydrogen) atoms. The van der Waals surface area contributed by atoms with Crippen LogP contribution in [0.25, 0.3) is 16.5 Å². The Hall–Kier alpha value is -1.25. The van der Waals surface area contributed by atoms with Gasteiger partial charge in [0.05, 0.1) is 6.26 Å². The monoisotopic (exact) mass is 235 g/mol. The SMILES string of the molecule is C=C(c1ccc2ccoc2c1)C(CCl)NC. The van der Waals surface area contributed by atoms with E-state index < -0.39 is 0 Å². The first kappa shape index (κ1) is 11.2. The Balaban J connectivity index is 2.35. The third-order valence-electron chi connectivity index (χ3n) is 2.75. The molecule has 0 radical (unpaired) electrons. The highest BCUT2D eigenvalue weighted by molar-refractivity contribution is 6.19. The molecule has 2 rings (SSSR count). The van der Waals surface area contributed by atoms with Crippen molar-refractivity contribution < 1.29 is 4.42 Å². The van der Waals surface area contributed by atoms with Gasteiger partial charge in [-0.05, 0) is 30.3 Å². The first-order valence-corrected chi connectivity index (χ1v) is 5.69. The van der Waals surface area contributed by atoms with E-state index in [9.17, 15) is 0 Å². The lowest BCUT2D eigenvalue weighted by molar-refractivity contribution is 0.615. The molecule has 3 heteroatoms. The molecule has 0 aliphatic heterocycles. The highest BCUT2D eigenvalue weighted by Gasteiger charge is 2.11. The Morgan fingerprint density at radius 3 is 3.00 bits per heavy atom. The average molecular weight is 236 g/mol. The lowest BCUT2D eigenvalue weighted by atomic mass is 10.0. The van der Waals surface area contributed by atoms with Crippen molar-refractivity contribution in [2.24, 2.45) is 0 Å². The fourth-order valence-electron chi connectivity index (χ4n) is 1.70. The normalized spacial score (nSPS) is 12.9. The molecule has 1 atom stereocenters. The molecule has 0 spiro atoms. The van der Waals surface area contributed by atoms with Gasteiger partial charge < -0.3 is 9.73 Å². The smallest absolute Gasteiger partial charge is 0.134 e. The van der Waals surface area contributed by atoms with Crippen LogP contribution < -0.4 is 5.32 Å². The second-order valence-corrected chi connectivity index (χ2v) is 4.00. The van der Waals surface area contributed by atoms with Gasteiger partial charge in [0.25, 0.3) is 0 Å². The Bertz CT molecular complexity index is 499. The molecule has 1 aromatic carbocycles. The second-order valence-electron chi connectivity index (χ2n) is 3.69.